The molecule has 2 unspecified atom stereocenters. The largest absolute Gasteiger partial charge is 0.377 e. The number of nitrogens with one attached hydrogen (secondary N) is 1. The molecule has 1 N–H and O–H groups in total. The molecule has 0 aliphatic carbocycles. The molecule has 100 valence electrons. The molecule has 1 aromatic rings. The van der Waals surface area contributed by atoms with Gasteiger partial charge in [-0.15, -0.1) is 0 Å². The molecule has 3 rings (SSSR count). The van der Waals surface area contributed by atoms with Crippen LogP contribution in [-0.2, 0) is 17.9 Å². The highest BCUT2D eigenvalue weighted by Crippen LogP contribution is 2.27. The normalized spacial score (nSPS) is 28.5. The monoisotopic (exact) mass is 251 g/mol. The molecule has 2 aliphatic rings. The van der Waals surface area contributed by atoms with Crippen LogP contribution < -0.4 is 5.32 Å². The highest BCUT2D eigenvalue weighted by Gasteiger charge is 2.35. The van der Waals surface area contributed by atoms with Gasteiger partial charge in [-0.25, -0.2) is 0 Å². The van der Waals surface area contributed by atoms with Crippen LogP contribution >= 0.6 is 0 Å². The number of likely N-dealkylation sites (tertiary alicyclic amines) is 1. The molecule has 5 heteroatoms. The van der Waals surface area contributed by atoms with Crippen LogP contribution in [0.5, 0.6) is 0 Å². The third kappa shape index (κ3) is 2.43. The quantitative estimate of drug-likeness (QED) is 0.865. The summed E-state index contributed by atoms with van der Waals surface area (Å²) in [5.41, 5.74) is 1.02. The fourth-order valence-electron chi connectivity index (χ4n) is 3.21. The molecule has 3 heterocycles. The van der Waals surface area contributed by atoms with E-state index in [1.807, 2.05) is 6.07 Å². The Kier molecular flexibility index (Phi) is 3.63. The number of ether oxygens (including phenoxy) is 1. The molecule has 2 aliphatic heterocycles. The molecule has 18 heavy (non-hydrogen) atoms. The van der Waals surface area contributed by atoms with E-state index in [1.165, 1.54) is 25.9 Å². The summed E-state index contributed by atoms with van der Waals surface area (Å²) >= 11 is 0. The minimum atomic E-state index is 0.501. The Hall–Kier alpha value is -0.910. The van der Waals surface area contributed by atoms with Crippen LogP contribution in [0, 0.1) is 5.92 Å². The highest BCUT2D eigenvalue weighted by atomic mass is 16.5. The molecule has 1 aromatic heterocycles. The van der Waals surface area contributed by atoms with Crippen molar-refractivity contribution in [2.45, 2.75) is 32.0 Å². The van der Waals surface area contributed by atoms with E-state index in [0.29, 0.717) is 12.6 Å². The smallest absolute Gasteiger partial charge is 0.162 e. The summed E-state index contributed by atoms with van der Waals surface area (Å²) in [5, 5.41) is 7.63. The molecule has 0 radical (unpaired) electrons. The minimum Gasteiger partial charge on any atom is -0.377 e. The van der Waals surface area contributed by atoms with Gasteiger partial charge in [0.1, 0.15) is 6.61 Å². The second-order valence-electron chi connectivity index (χ2n) is 5.32. The maximum Gasteiger partial charge on any atom is 0.162 e. The van der Waals surface area contributed by atoms with Gasteiger partial charge in [-0.2, -0.15) is 0 Å². The van der Waals surface area contributed by atoms with Crippen molar-refractivity contribution in [2.75, 3.05) is 26.7 Å². The molecule has 0 saturated carbocycles. The highest BCUT2D eigenvalue weighted by molar-refractivity contribution is 5.06. The van der Waals surface area contributed by atoms with Gasteiger partial charge >= 0.3 is 0 Å². The molecule has 2 atom stereocenters. The Morgan fingerprint density at radius 2 is 2.50 bits per heavy atom. The molecule has 5 nitrogen and oxygen atoms in total. The van der Waals surface area contributed by atoms with E-state index in [1.54, 1.807) is 7.11 Å². The minimum absolute atomic E-state index is 0.501. The van der Waals surface area contributed by atoms with Crippen LogP contribution in [0.4, 0.5) is 0 Å². The zero-order valence-corrected chi connectivity index (χ0v) is 10.9. The van der Waals surface area contributed by atoms with Crippen molar-refractivity contribution in [1.29, 1.82) is 0 Å². The number of methoxy groups -OCH3 is 1. The lowest BCUT2D eigenvalue weighted by Crippen LogP contribution is -2.44. The second kappa shape index (κ2) is 5.38. The molecule has 0 spiro atoms. The first-order valence-corrected chi connectivity index (χ1v) is 6.75. The standard InChI is InChI=1S/C13H21N3O2/c1-17-9-12-5-11(15-18-12)8-16-4-2-3-10-6-14-7-13(10)16/h5,10,13-14H,2-4,6-9H2,1H3. The summed E-state index contributed by atoms with van der Waals surface area (Å²) < 4.78 is 10.3. The van der Waals surface area contributed by atoms with Gasteiger partial charge in [-0.3, -0.25) is 4.90 Å². The first-order valence-electron chi connectivity index (χ1n) is 6.75. The summed E-state index contributed by atoms with van der Waals surface area (Å²) in [6, 6.07) is 2.69. The number of piperidine rings is 1. The first-order chi connectivity index (χ1) is 8.86. The van der Waals surface area contributed by atoms with E-state index in [4.69, 9.17) is 9.26 Å². The second-order valence-corrected chi connectivity index (χ2v) is 5.32. The Bertz CT molecular complexity index is 393. The van der Waals surface area contributed by atoms with Crippen LogP contribution in [0.15, 0.2) is 10.6 Å². The molecule has 2 fully saturated rings. The third-order valence-electron chi connectivity index (χ3n) is 4.05. The summed E-state index contributed by atoms with van der Waals surface area (Å²) in [6.45, 7) is 4.87. The van der Waals surface area contributed by atoms with Gasteiger partial charge in [0.05, 0.1) is 5.69 Å². The molecular formula is C13H21N3O2. The van der Waals surface area contributed by atoms with Gasteiger partial charge in [0.25, 0.3) is 0 Å². The van der Waals surface area contributed by atoms with Gasteiger partial charge in [0, 0.05) is 32.3 Å². The summed E-state index contributed by atoms with van der Waals surface area (Å²) in [7, 11) is 1.67. The number of aromatic nitrogens is 1. The van der Waals surface area contributed by atoms with Gasteiger partial charge < -0.3 is 14.6 Å². The molecule has 2 saturated heterocycles. The van der Waals surface area contributed by atoms with Crippen LogP contribution in [-0.4, -0.2) is 42.8 Å². The van der Waals surface area contributed by atoms with Crippen molar-refractivity contribution < 1.29 is 9.26 Å². The fraction of sp³-hybridized carbons (Fsp3) is 0.769. The Balaban J connectivity index is 1.63. The van der Waals surface area contributed by atoms with E-state index >= 15 is 0 Å². The van der Waals surface area contributed by atoms with E-state index < -0.39 is 0 Å². The third-order valence-corrected chi connectivity index (χ3v) is 4.05. The lowest BCUT2D eigenvalue weighted by atomic mass is 9.92. The maximum absolute atomic E-state index is 5.24. The average Bonchev–Trinajstić information content (AvgIpc) is 2.99. The Morgan fingerprint density at radius 1 is 1.56 bits per heavy atom. The van der Waals surface area contributed by atoms with Crippen molar-refractivity contribution >= 4 is 0 Å². The summed E-state index contributed by atoms with van der Waals surface area (Å²) in [5.74, 6) is 1.63. The molecular weight excluding hydrogens is 230 g/mol. The van der Waals surface area contributed by atoms with Crippen molar-refractivity contribution in [3.05, 3.63) is 17.5 Å². The van der Waals surface area contributed by atoms with Crippen LogP contribution in [0.2, 0.25) is 0 Å². The lowest BCUT2D eigenvalue weighted by molar-refractivity contribution is 0.114. The Morgan fingerprint density at radius 3 is 3.39 bits per heavy atom. The van der Waals surface area contributed by atoms with E-state index in [0.717, 1.165) is 30.5 Å². The maximum atomic E-state index is 5.24. The number of rotatable bonds is 4. The molecule has 0 aromatic carbocycles. The fourth-order valence-corrected chi connectivity index (χ4v) is 3.21. The zero-order chi connectivity index (χ0) is 12.4. The van der Waals surface area contributed by atoms with Crippen molar-refractivity contribution in [2.24, 2.45) is 5.92 Å². The van der Waals surface area contributed by atoms with Crippen molar-refractivity contribution in [3.8, 4) is 0 Å². The number of hydrogen-bond donors (Lipinski definition) is 1. The lowest BCUT2D eigenvalue weighted by Gasteiger charge is -2.36. The molecule has 0 amide bonds. The number of fused-ring (bicyclic) bond motifs is 1. The van der Waals surface area contributed by atoms with Crippen LogP contribution in [0.1, 0.15) is 24.3 Å². The predicted molar refractivity (Wildman–Crippen MR) is 67.0 cm³/mol. The summed E-state index contributed by atoms with van der Waals surface area (Å²) in [4.78, 5) is 2.54. The van der Waals surface area contributed by atoms with Crippen LogP contribution in [0.25, 0.3) is 0 Å². The predicted octanol–water partition coefficient (Wildman–Crippen LogP) is 1.00. The molecule has 0 bridgehead atoms. The zero-order valence-electron chi connectivity index (χ0n) is 10.9. The topological polar surface area (TPSA) is 50.5 Å². The van der Waals surface area contributed by atoms with Crippen LogP contribution in [0.3, 0.4) is 0 Å². The van der Waals surface area contributed by atoms with E-state index in [-0.39, 0.29) is 0 Å². The average molecular weight is 251 g/mol. The van der Waals surface area contributed by atoms with E-state index in [2.05, 4.69) is 15.4 Å². The van der Waals surface area contributed by atoms with E-state index in [9.17, 15) is 0 Å². The van der Waals surface area contributed by atoms with Crippen molar-refractivity contribution in [3.63, 3.8) is 0 Å². The van der Waals surface area contributed by atoms with Gasteiger partial charge in [0.2, 0.25) is 0 Å². The summed E-state index contributed by atoms with van der Waals surface area (Å²) in [6.07, 6.45) is 2.66. The van der Waals surface area contributed by atoms with Gasteiger partial charge in [-0.1, -0.05) is 5.16 Å². The van der Waals surface area contributed by atoms with Gasteiger partial charge in [-0.05, 0) is 31.8 Å². The SMILES string of the molecule is COCc1cc(CN2CCCC3CNCC32)no1. The number of hydrogen-bond acceptors (Lipinski definition) is 5. The first kappa shape index (κ1) is 12.1. The van der Waals surface area contributed by atoms with Crippen molar-refractivity contribution in [1.82, 2.24) is 15.4 Å². The number of nitrogens with zero attached hydrogens (tertiary/aromatic N) is 2. The van der Waals surface area contributed by atoms with Gasteiger partial charge in [0.15, 0.2) is 5.76 Å². The Labute approximate surface area is 107 Å².